The molecule has 0 atom stereocenters. The molecule has 40 heavy (non-hydrogen) atoms. The van der Waals surface area contributed by atoms with E-state index in [-0.39, 0.29) is 13.2 Å². The van der Waals surface area contributed by atoms with Crippen LogP contribution in [0.1, 0.15) is 22.3 Å². The second kappa shape index (κ2) is 14.3. The quantitative estimate of drug-likeness (QED) is 0.252. The fourth-order valence-corrected chi connectivity index (χ4v) is 4.53. The van der Waals surface area contributed by atoms with Gasteiger partial charge >= 0.3 is 0 Å². The summed E-state index contributed by atoms with van der Waals surface area (Å²) in [6.07, 6.45) is 0.461. The van der Waals surface area contributed by atoms with Crippen LogP contribution in [0.25, 0.3) is 0 Å². The Balaban J connectivity index is 2.01. The molecular weight excluding hydrogens is 520 g/mol. The lowest BCUT2D eigenvalue weighted by Gasteiger charge is -2.21. The fraction of sp³-hybridized carbons (Fsp3) is 0.400. The largest absolute Gasteiger partial charge is 0.493 e. The van der Waals surface area contributed by atoms with Crippen molar-refractivity contribution in [2.75, 3.05) is 64.0 Å². The van der Waals surface area contributed by atoms with Crippen molar-refractivity contribution < 1.29 is 47.4 Å². The predicted octanol–water partition coefficient (Wildman–Crippen LogP) is 5.07. The molecule has 0 N–H and O–H groups in total. The van der Waals surface area contributed by atoms with Gasteiger partial charge < -0.3 is 47.4 Å². The third-order valence-corrected chi connectivity index (χ3v) is 6.38. The first-order valence-electron chi connectivity index (χ1n) is 12.4. The summed E-state index contributed by atoms with van der Waals surface area (Å²) in [5.74, 6) is 4.80. The Morgan fingerprint density at radius 3 is 1.20 bits per heavy atom. The lowest BCUT2D eigenvalue weighted by Crippen LogP contribution is -2.07. The van der Waals surface area contributed by atoms with Gasteiger partial charge in [-0.2, -0.15) is 0 Å². The van der Waals surface area contributed by atoms with E-state index in [0.29, 0.717) is 58.2 Å². The zero-order valence-electron chi connectivity index (χ0n) is 24.6. The zero-order valence-corrected chi connectivity index (χ0v) is 24.6. The summed E-state index contributed by atoms with van der Waals surface area (Å²) in [6, 6.07) is 9.40. The van der Waals surface area contributed by atoms with Crippen LogP contribution < -0.4 is 42.6 Å². The summed E-state index contributed by atoms with van der Waals surface area (Å²) >= 11 is 0. The molecule has 0 saturated carbocycles. The Bertz CT molecular complexity index is 1240. The smallest absolute Gasteiger partial charge is 0.203 e. The van der Waals surface area contributed by atoms with Crippen molar-refractivity contribution in [3.05, 3.63) is 52.6 Å². The molecule has 0 fully saturated rings. The second-order valence-electron chi connectivity index (χ2n) is 8.52. The third-order valence-electron chi connectivity index (χ3n) is 6.38. The van der Waals surface area contributed by atoms with Gasteiger partial charge in [-0.1, -0.05) is 0 Å². The maximum absolute atomic E-state index is 6.18. The molecule has 0 amide bonds. The monoisotopic (exact) mass is 558 g/mol. The standard InChI is InChI=1S/C30H38O10/c1-31-22-11-18(12-23(32-2)28(22)37-7)10-21-20(15-26(35-5)30(39-9)27(21)36-6)17-40-16-19-13-24(33-3)29(38-8)25(14-19)34-4/h11-15H,10,16-17H2,1-9H3. The Labute approximate surface area is 235 Å². The van der Waals surface area contributed by atoms with Gasteiger partial charge in [0.25, 0.3) is 0 Å². The minimum Gasteiger partial charge on any atom is -0.493 e. The average molecular weight is 559 g/mol. The van der Waals surface area contributed by atoms with E-state index in [1.54, 1.807) is 64.0 Å². The Kier molecular flexibility index (Phi) is 10.8. The average Bonchev–Trinajstić information content (AvgIpc) is 2.99. The maximum atomic E-state index is 6.18. The van der Waals surface area contributed by atoms with Crippen molar-refractivity contribution in [1.29, 1.82) is 0 Å². The topological polar surface area (TPSA) is 92.3 Å². The number of rotatable bonds is 15. The highest BCUT2D eigenvalue weighted by Crippen LogP contribution is 2.45. The molecule has 0 aliphatic carbocycles. The van der Waals surface area contributed by atoms with Crippen LogP contribution >= 0.6 is 0 Å². The van der Waals surface area contributed by atoms with Crippen LogP contribution in [0.4, 0.5) is 0 Å². The number of ether oxygens (including phenoxy) is 10. The first kappa shape index (κ1) is 30.4. The Hall–Kier alpha value is -4.18. The number of benzene rings is 3. The van der Waals surface area contributed by atoms with E-state index in [4.69, 9.17) is 47.4 Å². The molecule has 0 bridgehead atoms. The van der Waals surface area contributed by atoms with Crippen LogP contribution in [0.3, 0.4) is 0 Å². The first-order valence-corrected chi connectivity index (χ1v) is 12.4. The van der Waals surface area contributed by atoms with Gasteiger partial charge in [0.05, 0.1) is 77.2 Å². The predicted molar refractivity (Wildman–Crippen MR) is 150 cm³/mol. The van der Waals surface area contributed by atoms with Crippen LogP contribution in [0, 0.1) is 0 Å². The minimum absolute atomic E-state index is 0.257. The second-order valence-corrected chi connectivity index (χ2v) is 8.52. The van der Waals surface area contributed by atoms with Crippen molar-refractivity contribution in [1.82, 2.24) is 0 Å². The van der Waals surface area contributed by atoms with Crippen molar-refractivity contribution in [3.8, 4) is 51.7 Å². The summed E-state index contributed by atoms with van der Waals surface area (Å²) in [4.78, 5) is 0. The molecule has 0 radical (unpaired) electrons. The highest BCUT2D eigenvalue weighted by molar-refractivity contribution is 5.61. The van der Waals surface area contributed by atoms with Gasteiger partial charge in [-0.3, -0.25) is 0 Å². The van der Waals surface area contributed by atoms with Gasteiger partial charge in [0.1, 0.15) is 0 Å². The van der Waals surface area contributed by atoms with Gasteiger partial charge in [0, 0.05) is 12.0 Å². The van der Waals surface area contributed by atoms with Crippen LogP contribution in [-0.4, -0.2) is 64.0 Å². The fourth-order valence-electron chi connectivity index (χ4n) is 4.53. The van der Waals surface area contributed by atoms with E-state index >= 15 is 0 Å². The summed E-state index contributed by atoms with van der Waals surface area (Å²) in [5, 5.41) is 0. The van der Waals surface area contributed by atoms with Gasteiger partial charge in [0.15, 0.2) is 34.5 Å². The van der Waals surface area contributed by atoms with Crippen molar-refractivity contribution in [3.63, 3.8) is 0 Å². The highest BCUT2D eigenvalue weighted by atomic mass is 16.5. The highest BCUT2D eigenvalue weighted by Gasteiger charge is 2.23. The molecule has 0 aromatic heterocycles. The molecule has 3 aromatic rings. The molecule has 0 heterocycles. The van der Waals surface area contributed by atoms with Crippen molar-refractivity contribution in [2.45, 2.75) is 19.6 Å². The molecule has 0 aliphatic heterocycles. The zero-order chi connectivity index (χ0) is 29.2. The SMILES string of the molecule is COc1cc(COCc2cc(OC)c(OC)c(OC)c2Cc2cc(OC)c(OC)c(OC)c2)cc(OC)c1OC. The van der Waals surface area contributed by atoms with E-state index in [1.807, 2.05) is 30.3 Å². The van der Waals surface area contributed by atoms with Gasteiger partial charge in [-0.25, -0.2) is 0 Å². The Morgan fingerprint density at radius 2 is 0.800 bits per heavy atom. The molecule has 3 aromatic carbocycles. The van der Waals surface area contributed by atoms with E-state index in [1.165, 1.54) is 0 Å². The molecule has 0 spiro atoms. The van der Waals surface area contributed by atoms with Crippen molar-refractivity contribution in [2.24, 2.45) is 0 Å². The summed E-state index contributed by atoms with van der Waals surface area (Å²) < 4.78 is 56.3. The van der Waals surface area contributed by atoms with E-state index < -0.39 is 0 Å². The van der Waals surface area contributed by atoms with E-state index in [0.717, 1.165) is 22.3 Å². The molecule has 10 heteroatoms. The number of hydrogen-bond acceptors (Lipinski definition) is 10. The van der Waals surface area contributed by atoms with Crippen LogP contribution in [0.5, 0.6) is 51.7 Å². The van der Waals surface area contributed by atoms with Crippen LogP contribution in [0.2, 0.25) is 0 Å². The first-order chi connectivity index (χ1) is 19.4. The number of hydrogen-bond donors (Lipinski definition) is 0. The van der Waals surface area contributed by atoms with E-state index in [9.17, 15) is 0 Å². The van der Waals surface area contributed by atoms with Gasteiger partial charge in [-0.05, 0) is 47.0 Å². The molecular formula is C30H38O10. The van der Waals surface area contributed by atoms with Gasteiger partial charge in [-0.15, -0.1) is 0 Å². The van der Waals surface area contributed by atoms with E-state index in [2.05, 4.69) is 0 Å². The molecule has 0 aliphatic rings. The van der Waals surface area contributed by atoms with Crippen LogP contribution in [0.15, 0.2) is 30.3 Å². The van der Waals surface area contributed by atoms with Crippen molar-refractivity contribution >= 4 is 0 Å². The lowest BCUT2D eigenvalue weighted by molar-refractivity contribution is 0.106. The Morgan fingerprint density at radius 1 is 0.400 bits per heavy atom. The molecule has 218 valence electrons. The molecule has 0 saturated heterocycles. The molecule has 0 unspecified atom stereocenters. The maximum Gasteiger partial charge on any atom is 0.203 e. The molecule has 3 rings (SSSR count). The van der Waals surface area contributed by atoms with Crippen LogP contribution in [-0.2, 0) is 24.4 Å². The minimum atomic E-state index is 0.257. The normalized spacial score (nSPS) is 10.5. The summed E-state index contributed by atoms with van der Waals surface area (Å²) in [5.41, 5.74) is 3.48. The lowest BCUT2D eigenvalue weighted by atomic mass is 9.97. The summed E-state index contributed by atoms with van der Waals surface area (Å²) in [7, 11) is 14.2. The third kappa shape index (κ3) is 6.34. The summed E-state index contributed by atoms with van der Waals surface area (Å²) in [6.45, 7) is 0.546. The number of methoxy groups -OCH3 is 9. The van der Waals surface area contributed by atoms with Gasteiger partial charge in [0.2, 0.25) is 17.2 Å². The molecule has 10 nitrogen and oxygen atoms in total.